The van der Waals surface area contributed by atoms with Crippen LogP contribution >= 0.6 is 0 Å². The van der Waals surface area contributed by atoms with Gasteiger partial charge in [0.1, 0.15) is 5.82 Å². The van der Waals surface area contributed by atoms with Gasteiger partial charge in [-0.25, -0.2) is 9.18 Å². The van der Waals surface area contributed by atoms with E-state index in [-0.39, 0.29) is 16.8 Å². The Bertz CT molecular complexity index is 629. The molecule has 0 bridgehead atoms. The zero-order valence-corrected chi connectivity index (χ0v) is 9.63. The lowest BCUT2D eigenvalue weighted by molar-refractivity contribution is 0.0697. The molecule has 1 amide bonds. The smallest absolute Gasteiger partial charge is 0.337 e. The van der Waals surface area contributed by atoms with Gasteiger partial charge in [-0.1, -0.05) is 6.07 Å². The Balaban J connectivity index is 2.34. The maximum Gasteiger partial charge on any atom is 0.337 e. The minimum Gasteiger partial charge on any atom is -0.478 e. The van der Waals surface area contributed by atoms with Crippen LogP contribution in [0.15, 0.2) is 42.7 Å². The standard InChI is InChI=1S/C13H9FN2O3/c14-10-3-1-2-9(13(18)19)11(10)16-12(17)8-4-6-15-7-5-8/h1-7H,(H,16,17)(H,18,19). The Morgan fingerprint density at radius 1 is 1.16 bits per heavy atom. The Morgan fingerprint density at radius 2 is 1.84 bits per heavy atom. The van der Waals surface area contributed by atoms with Gasteiger partial charge < -0.3 is 10.4 Å². The van der Waals surface area contributed by atoms with E-state index in [1.807, 2.05) is 0 Å². The monoisotopic (exact) mass is 260 g/mol. The minimum absolute atomic E-state index is 0.259. The van der Waals surface area contributed by atoms with Gasteiger partial charge in [0.05, 0.1) is 11.3 Å². The summed E-state index contributed by atoms with van der Waals surface area (Å²) in [7, 11) is 0. The third-order valence-corrected chi connectivity index (χ3v) is 2.43. The van der Waals surface area contributed by atoms with E-state index < -0.39 is 17.7 Å². The van der Waals surface area contributed by atoms with Crippen molar-refractivity contribution in [3.05, 3.63) is 59.7 Å². The Hall–Kier alpha value is -2.76. The Labute approximate surface area is 107 Å². The summed E-state index contributed by atoms with van der Waals surface area (Å²) in [6.07, 6.45) is 2.82. The Morgan fingerprint density at radius 3 is 2.47 bits per heavy atom. The van der Waals surface area contributed by atoms with Crippen molar-refractivity contribution < 1.29 is 19.1 Å². The number of para-hydroxylation sites is 1. The van der Waals surface area contributed by atoms with E-state index in [9.17, 15) is 14.0 Å². The first kappa shape index (κ1) is 12.7. The van der Waals surface area contributed by atoms with E-state index in [4.69, 9.17) is 5.11 Å². The summed E-state index contributed by atoms with van der Waals surface area (Å²) < 4.78 is 13.6. The van der Waals surface area contributed by atoms with Crippen molar-refractivity contribution in [3.8, 4) is 0 Å². The minimum atomic E-state index is -1.32. The van der Waals surface area contributed by atoms with Crippen molar-refractivity contribution in [1.29, 1.82) is 0 Å². The normalized spacial score (nSPS) is 9.95. The number of carboxylic acids is 1. The molecule has 5 nitrogen and oxygen atoms in total. The van der Waals surface area contributed by atoms with Gasteiger partial charge in [0.25, 0.3) is 5.91 Å². The number of pyridine rings is 1. The molecule has 2 N–H and O–H groups in total. The molecule has 96 valence electrons. The highest BCUT2D eigenvalue weighted by molar-refractivity contribution is 6.07. The quantitative estimate of drug-likeness (QED) is 0.886. The van der Waals surface area contributed by atoms with Crippen LogP contribution in [0.5, 0.6) is 0 Å². The summed E-state index contributed by atoms with van der Waals surface area (Å²) in [6.45, 7) is 0. The van der Waals surface area contributed by atoms with E-state index in [1.54, 1.807) is 0 Å². The molecule has 1 aromatic carbocycles. The van der Waals surface area contributed by atoms with Crippen LogP contribution in [0.25, 0.3) is 0 Å². The molecule has 0 radical (unpaired) electrons. The first-order chi connectivity index (χ1) is 9.09. The van der Waals surface area contributed by atoms with E-state index >= 15 is 0 Å². The van der Waals surface area contributed by atoms with Crippen molar-refractivity contribution in [1.82, 2.24) is 4.98 Å². The fourth-order valence-corrected chi connectivity index (χ4v) is 1.52. The number of carboxylic acid groups (broad SMARTS) is 1. The second-order valence-corrected chi connectivity index (χ2v) is 3.66. The van der Waals surface area contributed by atoms with Gasteiger partial charge >= 0.3 is 5.97 Å². The lowest BCUT2D eigenvalue weighted by Crippen LogP contribution is -2.16. The van der Waals surface area contributed by atoms with Gasteiger partial charge in [-0.05, 0) is 24.3 Å². The van der Waals surface area contributed by atoms with Gasteiger partial charge in [-0.2, -0.15) is 0 Å². The first-order valence-corrected chi connectivity index (χ1v) is 5.33. The molecule has 0 spiro atoms. The number of halogens is 1. The number of anilines is 1. The maximum absolute atomic E-state index is 13.6. The summed E-state index contributed by atoms with van der Waals surface area (Å²) in [6, 6.07) is 6.44. The number of hydrogen-bond donors (Lipinski definition) is 2. The van der Waals surface area contributed by atoms with E-state index in [2.05, 4.69) is 10.3 Å². The average Bonchev–Trinajstić information content (AvgIpc) is 2.41. The number of amides is 1. The zero-order chi connectivity index (χ0) is 13.8. The van der Waals surface area contributed by atoms with Crippen molar-refractivity contribution in [2.45, 2.75) is 0 Å². The highest BCUT2D eigenvalue weighted by Gasteiger charge is 2.17. The van der Waals surface area contributed by atoms with Crippen molar-refractivity contribution in [2.24, 2.45) is 0 Å². The molecule has 0 saturated carbocycles. The predicted octanol–water partition coefficient (Wildman–Crippen LogP) is 2.17. The van der Waals surface area contributed by atoms with Crippen LogP contribution in [-0.2, 0) is 0 Å². The van der Waals surface area contributed by atoms with Crippen LogP contribution in [0.4, 0.5) is 10.1 Å². The molecule has 0 unspecified atom stereocenters. The summed E-state index contributed by atoms with van der Waals surface area (Å²) in [4.78, 5) is 26.6. The fourth-order valence-electron chi connectivity index (χ4n) is 1.52. The number of nitrogens with zero attached hydrogens (tertiary/aromatic N) is 1. The molecule has 19 heavy (non-hydrogen) atoms. The largest absolute Gasteiger partial charge is 0.478 e. The van der Waals surface area contributed by atoms with Crippen LogP contribution in [0.1, 0.15) is 20.7 Å². The second kappa shape index (κ2) is 5.26. The molecular weight excluding hydrogens is 251 g/mol. The molecule has 0 aliphatic heterocycles. The third kappa shape index (κ3) is 2.74. The summed E-state index contributed by atoms with van der Waals surface area (Å²) >= 11 is 0. The number of carbonyl (C=O) groups is 2. The molecule has 0 aliphatic rings. The van der Waals surface area contributed by atoms with Crippen LogP contribution in [0.3, 0.4) is 0 Å². The third-order valence-electron chi connectivity index (χ3n) is 2.43. The maximum atomic E-state index is 13.6. The molecule has 2 aromatic rings. The number of carbonyl (C=O) groups excluding carboxylic acids is 1. The lowest BCUT2D eigenvalue weighted by atomic mass is 10.1. The molecule has 0 aliphatic carbocycles. The number of aromatic nitrogens is 1. The number of hydrogen-bond acceptors (Lipinski definition) is 3. The van der Waals surface area contributed by atoms with Gasteiger partial charge in [0.2, 0.25) is 0 Å². The van der Waals surface area contributed by atoms with Crippen LogP contribution in [-0.4, -0.2) is 22.0 Å². The van der Waals surface area contributed by atoms with Crippen LogP contribution < -0.4 is 5.32 Å². The number of benzene rings is 1. The first-order valence-electron chi connectivity index (χ1n) is 5.33. The highest BCUT2D eigenvalue weighted by Crippen LogP contribution is 2.20. The number of nitrogens with one attached hydrogen (secondary N) is 1. The summed E-state index contributed by atoms with van der Waals surface area (Å²) in [5.41, 5.74) is -0.395. The molecule has 0 atom stereocenters. The average molecular weight is 260 g/mol. The molecular formula is C13H9FN2O3. The van der Waals surface area contributed by atoms with Gasteiger partial charge in [0.15, 0.2) is 0 Å². The number of rotatable bonds is 3. The summed E-state index contributed by atoms with van der Waals surface area (Å²) in [5.74, 6) is -2.72. The van der Waals surface area contributed by atoms with Crippen molar-refractivity contribution in [2.75, 3.05) is 5.32 Å². The zero-order valence-electron chi connectivity index (χ0n) is 9.63. The topological polar surface area (TPSA) is 79.3 Å². The van der Waals surface area contributed by atoms with E-state index in [1.165, 1.54) is 36.7 Å². The number of aromatic carboxylic acids is 1. The molecule has 2 rings (SSSR count). The summed E-state index contributed by atoms with van der Waals surface area (Å²) in [5, 5.41) is 11.2. The van der Waals surface area contributed by atoms with Gasteiger partial charge in [0, 0.05) is 18.0 Å². The van der Waals surface area contributed by atoms with Crippen molar-refractivity contribution in [3.63, 3.8) is 0 Å². The molecule has 6 heteroatoms. The van der Waals surface area contributed by atoms with Crippen LogP contribution in [0.2, 0.25) is 0 Å². The highest BCUT2D eigenvalue weighted by atomic mass is 19.1. The SMILES string of the molecule is O=C(Nc1c(F)cccc1C(=O)O)c1ccncc1. The molecule has 0 fully saturated rings. The van der Waals surface area contributed by atoms with E-state index in [0.717, 1.165) is 6.07 Å². The van der Waals surface area contributed by atoms with Crippen molar-refractivity contribution >= 4 is 17.6 Å². The lowest BCUT2D eigenvalue weighted by Gasteiger charge is -2.09. The predicted molar refractivity (Wildman–Crippen MR) is 65.5 cm³/mol. The molecule has 0 saturated heterocycles. The second-order valence-electron chi connectivity index (χ2n) is 3.66. The fraction of sp³-hybridized carbons (Fsp3) is 0. The molecule has 1 heterocycles. The Kier molecular flexibility index (Phi) is 3.51. The molecule has 1 aromatic heterocycles. The van der Waals surface area contributed by atoms with Gasteiger partial charge in [-0.15, -0.1) is 0 Å². The van der Waals surface area contributed by atoms with Crippen LogP contribution in [0, 0.1) is 5.82 Å². The van der Waals surface area contributed by atoms with Gasteiger partial charge in [-0.3, -0.25) is 9.78 Å². The van der Waals surface area contributed by atoms with E-state index in [0.29, 0.717) is 0 Å².